The van der Waals surface area contributed by atoms with Gasteiger partial charge in [-0.25, -0.2) is 0 Å². The summed E-state index contributed by atoms with van der Waals surface area (Å²) in [5.74, 6) is 1.13. The molecule has 142 valence electrons. The fourth-order valence-corrected chi connectivity index (χ4v) is 2.37. The SMILES string of the molecule is C=CCOc1cccc(NC(=S)NC(=O)c2ccc(OC(C)CC)cc2)c1. The van der Waals surface area contributed by atoms with E-state index in [1.165, 1.54) is 0 Å². The molecule has 1 unspecified atom stereocenters. The molecule has 6 heteroatoms. The Hall–Kier alpha value is -2.86. The lowest BCUT2D eigenvalue weighted by Crippen LogP contribution is -2.34. The average molecular weight is 385 g/mol. The maximum atomic E-state index is 12.3. The van der Waals surface area contributed by atoms with E-state index < -0.39 is 0 Å². The fourth-order valence-electron chi connectivity index (χ4n) is 2.16. The maximum Gasteiger partial charge on any atom is 0.257 e. The van der Waals surface area contributed by atoms with Crippen molar-refractivity contribution >= 4 is 28.9 Å². The van der Waals surface area contributed by atoms with Gasteiger partial charge in [-0.2, -0.15) is 0 Å². The molecule has 2 rings (SSSR count). The van der Waals surface area contributed by atoms with Gasteiger partial charge in [-0.1, -0.05) is 25.6 Å². The van der Waals surface area contributed by atoms with E-state index in [2.05, 4.69) is 24.1 Å². The minimum absolute atomic E-state index is 0.132. The molecule has 0 saturated carbocycles. The third-order valence-electron chi connectivity index (χ3n) is 3.72. The number of carbonyl (C=O) groups is 1. The largest absolute Gasteiger partial charge is 0.491 e. The van der Waals surface area contributed by atoms with E-state index in [0.29, 0.717) is 17.9 Å². The van der Waals surface area contributed by atoms with E-state index in [0.717, 1.165) is 17.9 Å². The summed E-state index contributed by atoms with van der Waals surface area (Å²) in [6.07, 6.45) is 2.72. The van der Waals surface area contributed by atoms with Gasteiger partial charge in [0.05, 0.1) is 6.10 Å². The first-order chi connectivity index (χ1) is 13.0. The number of amides is 1. The Morgan fingerprint density at radius 1 is 1.22 bits per heavy atom. The Kier molecular flexibility index (Phi) is 7.82. The summed E-state index contributed by atoms with van der Waals surface area (Å²) in [5, 5.41) is 5.84. The molecule has 0 aliphatic carbocycles. The standard InChI is InChI=1S/C21H24N2O3S/c1-4-13-25-19-8-6-7-17(14-19)22-21(27)23-20(24)16-9-11-18(12-10-16)26-15(3)5-2/h4,6-12,14-15H,1,5,13H2,2-3H3,(H2,22,23,24,27). The third kappa shape index (κ3) is 6.75. The number of thiocarbonyl (C=S) groups is 1. The molecule has 2 aromatic carbocycles. The molecule has 0 fully saturated rings. The minimum atomic E-state index is -0.290. The molecule has 0 aromatic heterocycles. The van der Waals surface area contributed by atoms with Crippen LogP contribution < -0.4 is 20.1 Å². The summed E-state index contributed by atoms with van der Waals surface area (Å²) in [6.45, 7) is 8.09. The predicted molar refractivity (Wildman–Crippen MR) is 113 cm³/mol. The molecule has 2 aromatic rings. The Morgan fingerprint density at radius 3 is 2.63 bits per heavy atom. The lowest BCUT2D eigenvalue weighted by Gasteiger charge is -2.13. The van der Waals surface area contributed by atoms with Crippen molar-refractivity contribution in [3.05, 3.63) is 66.7 Å². The van der Waals surface area contributed by atoms with E-state index in [1.54, 1.807) is 36.4 Å². The molecule has 1 atom stereocenters. The van der Waals surface area contributed by atoms with Crippen LogP contribution in [0.3, 0.4) is 0 Å². The first kappa shape index (κ1) is 20.5. The highest BCUT2D eigenvalue weighted by Crippen LogP contribution is 2.18. The van der Waals surface area contributed by atoms with Gasteiger partial charge in [0.1, 0.15) is 18.1 Å². The monoisotopic (exact) mass is 384 g/mol. The van der Waals surface area contributed by atoms with Gasteiger partial charge < -0.3 is 14.8 Å². The van der Waals surface area contributed by atoms with Crippen molar-refractivity contribution in [1.82, 2.24) is 5.32 Å². The number of carbonyl (C=O) groups excluding carboxylic acids is 1. The predicted octanol–water partition coefficient (Wildman–Crippen LogP) is 4.56. The second-order valence-electron chi connectivity index (χ2n) is 5.90. The zero-order valence-corrected chi connectivity index (χ0v) is 16.3. The first-order valence-electron chi connectivity index (χ1n) is 8.74. The number of ether oxygens (including phenoxy) is 2. The maximum absolute atomic E-state index is 12.3. The normalized spacial score (nSPS) is 11.2. The van der Waals surface area contributed by atoms with Crippen LogP contribution in [0.15, 0.2) is 61.2 Å². The van der Waals surface area contributed by atoms with Crippen molar-refractivity contribution < 1.29 is 14.3 Å². The molecule has 2 N–H and O–H groups in total. The Morgan fingerprint density at radius 2 is 1.96 bits per heavy atom. The van der Waals surface area contributed by atoms with Gasteiger partial charge in [0.15, 0.2) is 5.11 Å². The lowest BCUT2D eigenvalue weighted by molar-refractivity contribution is 0.0977. The molecule has 0 heterocycles. The second kappa shape index (κ2) is 10.3. The highest BCUT2D eigenvalue weighted by molar-refractivity contribution is 7.80. The van der Waals surface area contributed by atoms with Crippen molar-refractivity contribution in [1.29, 1.82) is 0 Å². The van der Waals surface area contributed by atoms with Crippen LogP contribution in [0, 0.1) is 0 Å². The molecule has 1 amide bonds. The zero-order valence-electron chi connectivity index (χ0n) is 15.5. The topological polar surface area (TPSA) is 59.6 Å². The molecule has 0 saturated heterocycles. The van der Waals surface area contributed by atoms with E-state index in [-0.39, 0.29) is 17.1 Å². The summed E-state index contributed by atoms with van der Waals surface area (Å²) in [4.78, 5) is 12.3. The van der Waals surface area contributed by atoms with Gasteiger partial charge in [-0.3, -0.25) is 10.1 Å². The number of hydrogen-bond donors (Lipinski definition) is 2. The number of anilines is 1. The molecular formula is C21H24N2O3S. The van der Waals surface area contributed by atoms with Gasteiger partial charge in [0, 0.05) is 17.3 Å². The lowest BCUT2D eigenvalue weighted by atomic mass is 10.2. The molecule has 27 heavy (non-hydrogen) atoms. The quantitative estimate of drug-likeness (QED) is 0.516. The molecule has 0 aliphatic heterocycles. The van der Waals surface area contributed by atoms with Gasteiger partial charge in [-0.15, -0.1) is 0 Å². The van der Waals surface area contributed by atoms with Gasteiger partial charge in [0.25, 0.3) is 5.91 Å². The number of rotatable bonds is 8. The van der Waals surface area contributed by atoms with E-state index in [9.17, 15) is 4.79 Å². The summed E-state index contributed by atoms with van der Waals surface area (Å²) in [6, 6.07) is 14.3. The number of benzene rings is 2. The van der Waals surface area contributed by atoms with Crippen molar-refractivity contribution in [2.75, 3.05) is 11.9 Å². The van der Waals surface area contributed by atoms with Crippen LogP contribution in [-0.4, -0.2) is 23.7 Å². The second-order valence-corrected chi connectivity index (χ2v) is 6.31. The molecule has 5 nitrogen and oxygen atoms in total. The van der Waals surface area contributed by atoms with Crippen molar-refractivity contribution in [3.8, 4) is 11.5 Å². The Balaban J connectivity index is 1.91. The number of hydrogen-bond acceptors (Lipinski definition) is 4. The van der Waals surface area contributed by atoms with Gasteiger partial charge in [0.2, 0.25) is 0 Å². The van der Waals surface area contributed by atoms with Crippen LogP contribution in [0.5, 0.6) is 11.5 Å². The Labute approximate surface area is 165 Å². The van der Waals surface area contributed by atoms with Crippen LogP contribution in [0.4, 0.5) is 5.69 Å². The summed E-state index contributed by atoms with van der Waals surface area (Å²) < 4.78 is 11.2. The van der Waals surface area contributed by atoms with Gasteiger partial charge in [-0.05, 0) is 62.0 Å². The number of nitrogens with one attached hydrogen (secondary N) is 2. The van der Waals surface area contributed by atoms with Crippen LogP contribution >= 0.6 is 12.2 Å². The molecule has 0 spiro atoms. The highest BCUT2D eigenvalue weighted by atomic mass is 32.1. The van der Waals surface area contributed by atoms with Crippen LogP contribution in [-0.2, 0) is 0 Å². The Bertz CT molecular complexity index is 790. The minimum Gasteiger partial charge on any atom is -0.491 e. The molecule has 0 bridgehead atoms. The van der Waals surface area contributed by atoms with Crippen molar-refractivity contribution in [3.63, 3.8) is 0 Å². The third-order valence-corrected chi connectivity index (χ3v) is 3.92. The average Bonchev–Trinajstić information content (AvgIpc) is 2.67. The highest BCUT2D eigenvalue weighted by Gasteiger charge is 2.09. The van der Waals surface area contributed by atoms with E-state index in [1.807, 2.05) is 25.1 Å². The molecule has 0 radical (unpaired) electrons. The van der Waals surface area contributed by atoms with Crippen molar-refractivity contribution in [2.45, 2.75) is 26.4 Å². The summed E-state index contributed by atoms with van der Waals surface area (Å²) in [7, 11) is 0. The zero-order chi connectivity index (χ0) is 19.6. The van der Waals surface area contributed by atoms with Crippen molar-refractivity contribution in [2.24, 2.45) is 0 Å². The van der Waals surface area contributed by atoms with E-state index >= 15 is 0 Å². The fraction of sp³-hybridized carbons (Fsp3) is 0.238. The summed E-state index contributed by atoms with van der Waals surface area (Å²) >= 11 is 5.22. The smallest absolute Gasteiger partial charge is 0.257 e. The van der Waals surface area contributed by atoms with Crippen LogP contribution in [0.2, 0.25) is 0 Å². The molecule has 0 aliphatic rings. The van der Waals surface area contributed by atoms with E-state index in [4.69, 9.17) is 21.7 Å². The van der Waals surface area contributed by atoms with Crippen LogP contribution in [0.25, 0.3) is 0 Å². The van der Waals surface area contributed by atoms with Crippen LogP contribution in [0.1, 0.15) is 30.6 Å². The summed E-state index contributed by atoms with van der Waals surface area (Å²) in [5.41, 5.74) is 1.22. The first-order valence-corrected chi connectivity index (χ1v) is 9.15. The molecular weight excluding hydrogens is 360 g/mol. The van der Waals surface area contributed by atoms with Gasteiger partial charge >= 0.3 is 0 Å².